The number of thioether (sulfide) groups is 1. The van der Waals surface area contributed by atoms with Gasteiger partial charge in [0.15, 0.2) is 0 Å². The topological polar surface area (TPSA) is 17.8 Å². The Morgan fingerprint density at radius 1 is 1.00 bits per heavy atom. The van der Waals surface area contributed by atoms with E-state index in [9.17, 15) is 0 Å². The van der Waals surface area contributed by atoms with Crippen LogP contribution >= 0.6 is 11.8 Å². The molecule has 0 bridgehead atoms. The number of hydrogen-bond donors (Lipinski definition) is 0. The van der Waals surface area contributed by atoms with E-state index in [1.165, 1.54) is 10.4 Å². The number of aryl methyl sites for hydroxylation is 1. The normalized spacial score (nSPS) is 10.9. The standard InChI is InChI=1S/C15H14N2S/c1-12-16-14-9-5-6-10-15(14)17(12)11-18-13-7-3-2-4-8-13/h2-10H,11H2,1H3. The van der Waals surface area contributed by atoms with E-state index >= 15 is 0 Å². The number of para-hydroxylation sites is 2. The first-order valence-corrected chi connectivity index (χ1v) is 6.93. The van der Waals surface area contributed by atoms with Crippen LogP contribution in [0.5, 0.6) is 0 Å². The van der Waals surface area contributed by atoms with Gasteiger partial charge in [-0.25, -0.2) is 4.98 Å². The third-order valence-electron chi connectivity index (χ3n) is 2.95. The van der Waals surface area contributed by atoms with E-state index in [4.69, 9.17) is 0 Å². The van der Waals surface area contributed by atoms with Crippen LogP contribution in [-0.2, 0) is 5.88 Å². The Kier molecular flexibility index (Phi) is 3.07. The van der Waals surface area contributed by atoms with Crippen LogP contribution in [0.2, 0.25) is 0 Å². The predicted molar refractivity (Wildman–Crippen MR) is 76.8 cm³/mol. The summed E-state index contributed by atoms with van der Waals surface area (Å²) in [4.78, 5) is 5.86. The zero-order valence-corrected chi connectivity index (χ0v) is 11.0. The molecule has 0 atom stereocenters. The van der Waals surface area contributed by atoms with Crippen molar-refractivity contribution in [1.29, 1.82) is 0 Å². The summed E-state index contributed by atoms with van der Waals surface area (Å²) >= 11 is 1.83. The van der Waals surface area contributed by atoms with Gasteiger partial charge in [0.05, 0.1) is 16.9 Å². The summed E-state index contributed by atoms with van der Waals surface area (Å²) in [6.07, 6.45) is 0. The van der Waals surface area contributed by atoms with Gasteiger partial charge in [-0.15, -0.1) is 11.8 Å². The maximum absolute atomic E-state index is 4.58. The fraction of sp³-hybridized carbons (Fsp3) is 0.133. The van der Waals surface area contributed by atoms with Crippen LogP contribution in [0.25, 0.3) is 11.0 Å². The van der Waals surface area contributed by atoms with Crippen molar-refractivity contribution < 1.29 is 0 Å². The van der Waals surface area contributed by atoms with E-state index in [2.05, 4.69) is 58.9 Å². The number of aromatic nitrogens is 2. The lowest BCUT2D eigenvalue weighted by atomic mass is 10.3. The second kappa shape index (κ2) is 4.86. The molecule has 0 radical (unpaired) electrons. The molecule has 0 spiro atoms. The van der Waals surface area contributed by atoms with Crippen molar-refractivity contribution in [2.45, 2.75) is 17.7 Å². The Hall–Kier alpha value is -1.74. The maximum atomic E-state index is 4.58. The highest BCUT2D eigenvalue weighted by Gasteiger charge is 2.06. The third kappa shape index (κ3) is 2.14. The van der Waals surface area contributed by atoms with Gasteiger partial charge in [0.25, 0.3) is 0 Å². The molecule has 0 amide bonds. The van der Waals surface area contributed by atoms with Crippen LogP contribution < -0.4 is 0 Å². The minimum absolute atomic E-state index is 0.899. The van der Waals surface area contributed by atoms with Crippen molar-refractivity contribution in [2.75, 3.05) is 0 Å². The monoisotopic (exact) mass is 254 g/mol. The van der Waals surface area contributed by atoms with Gasteiger partial charge in [0.2, 0.25) is 0 Å². The largest absolute Gasteiger partial charge is 0.318 e. The molecule has 1 heterocycles. The van der Waals surface area contributed by atoms with Crippen molar-refractivity contribution in [1.82, 2.24) is 9.55 Å². The molecule has 0 aliphatic rings. The highest BCUT2D eigenvalue weighted by molar-refractivity contribution is 7.98. The van der Waals surface area contributed by atoms with Gasteiger partial charge in [0.1, 0.15) is 5.82 Å². The van der Waals surface area contributed by atoms with Crippen LogP contribution in [0, 0.1) is 6.92 Å². The lowest BCUT2D eigenvalue weighted by molar-refractivity contribution is 0.865. The van der Waals surface area contributed by atoms with Crippen molar-refractivity contribution in [3.05, 3.63) is 60.4 Å². The van der Waals surface area contributed by atoms with E-state index in [0.717, 1.165) is 17.2 Å². The van der Waals surface area contributed by atoms with Gasteiger partial charge in [-0.1, -0.05) is 30.3 Å². The van der Waals surface area contributed by atoms with E-state index in [0.29, 0.717) is 0 Å². The van der Waals surface area contributed by atoms with E-state index in [-0.39, 0.29) is 0 Å². The highest BCUT2D eigenvalue weighted by atomic mass is 32.2. The Morgan fingerprint density at radius 2 is 1.72 bits per heavy atom. The SMILES string of the molecule is Cc1nc2ccccc2n1CSc1ccccc1. The molecule has 2 nitrogen and oxygen atoms in total. The number of fused-ring (bicyclic) bond motifs is 1. The average Bonchev–Trinajstić information content (AvgIpc) is 2.73. The molecule has 0 aliphatic carbocycles. The van der Waals surface area contributed by atoms with Crippen LogP contribution in [-0.4, -0.2) is 9.55 Å². The van der Waals surface area contributed by atoms with Crippen molar-refractivity contribution in [3.63, 3.8) is 0 Å². The molecule has 1 aromatic heterocycles. The summed E-state index contributed by atoms with van der Waals surface area (Å²) in [5, 5.41) is 0. The van der Waals surface area contributed by atoms with Crippen LogP contribution in [0.1, 0.15) is 5.82 Å². The zero-order valence-electron chi connectivity index (χ0n) is 10.2. The molecule has 0 aliphatic heterocycles. The first kappa shape index (κ1) is 11.4. The highest BCUT2D eigenvalue weighted by Crippen LogP contribution is 2.23. The first-order valence-electron chi connectivity index (χ1n) is 5.94. The fourth-order valence-electron chi connectivity index (χ4n) is 2.01. The molecule has 0 saturated heterocycles. The predicted octanol–water partition coefficient (Wildman–Crippen LogP) is 4.09. The Bertz CT molecular complexity index is 659. The van der Waals surface area contributed by atoms with Gasteiger partial charge in [0, 0.05) is 4.90 Å². The van der Waals surface area contributed by atoms with Gasteiger partial charge in [-0.05, 0) is 31.2 Å². The minimum atomic E-state index is 0.899. The molecule has 90 valence electrons. The molecule has 18 heavy (non-hydrogen) atoms. The smallest absolute Gasteiger partial charge is 0.107 e. The summed E-state index contributed by atoms with van der Waals surface area (Å²) in [5.74, 6) is 1.97. The lowest BCUT2D eigenvalue weighted by Crippen LogP contribution is -1.96. The van der Waals surface area contributed by atoms with Gasteiger partial charge < -0.3 is 4.57 Å². The molecular weight excluding hydrogens is 240 g/mol. The Labute approximate surface area is 111 Å². The van der Waals surface area contributed by atoms with E-state index in [1.54, 1.807) is 0 Å². The zero-order chi connectivity index (χ0) is 12.4. The quantitative estimate of drug-likeness (QED) is 0.655. The molecule has 0 fully saturated rings. The van der Waals surface area contributed by atoms with Crippen molar-refractivity contribution in [3.8, 4) is 0 Å². The molecule has 3 heteroatoms. The van der Waals surface area contributed by atoms with Crippen molar-refractivity contribution >= 4 is 22.8 Å². The third-order valence-corrected chi connectivity index (χ3v) is 3.94. The Morgan fingerprint density at radius 3 is 2.56 bits per heavy atom. The summed E-state index contributed by atoms with van der Waals surface area (Å²) in [6.45, 7) is 2.06. The van der Waals surface area contributed by atoms with E-state index < -0.39 is 0 Å². The van der Waals surface area contributed by atoms with Gasteiger partial charge in [-0.3, -0.25) is 0 Å². The van der Waals surface area contributed by atoms with Crippen molar-refractivity contribution in [2.24, 2.45) is 0 Å². The maximum Gasteiger partial charge on any atom is 0.107 e. The Balaban J connectivity index is 1.89. The number of benzene rings is 2. The first-order chi connectivity index (χ1) is 8.84. The summed E-state index contributed by atoms with van der Waals surface area (Å²) in [5.41, 5.74) is 2.28. The average molecular weight is 254 g/mol. The van der Waals surface area contributed by atoms with Crippen LogP contribution in [0.15, 0.2) is 59.5 Å². The molecule has 2 aromatic carbocycles. The number of rotatable bonds is 3. The van der Waals surface area contributed by atoms with Crippen LogP contribution in [0.4, 0.5) is 0 Å². The van der Waals surface area contributed by atoms with Crippen LogP contribution in [0.3, 0.4) is 0 Å². The minimum Gasteiger partial charge on any atom is -0.318 e. The molecule has 0 saturated carbocycles. The molecular formula is C15H14N2S. The number of nitrogens with zero attached hydrogens (tertiary/aromatic N) is 2. The molecule has 0 N–H and O–H groups in total. The number of imidazole rings is 1. The second-order valence-electron chi connectivity index (χ2n) is 4.16. The number of hydrogen-bond acceptors (Lipinski definition) is 2. The van der Waals surface area contributed by atoms with Gasteiger partial charge in [-0.2, -0.15) is 0 Å². The summed E-state index contributed by atoms with van der Waals surface area (Å²) in [7, 11) is 0. The lowest BCUT2D eigenvalue weighted by Gasteiger charge is -2.06. The summed E-state index contributed by atoms with van der Waals surface area (Å²) in [6, 6.07) is 18.7. The van der Waals surface area contributed by atoms with E-state index in [1.807, 2.05) is 23.9 Å². The molecule has 3 aromatic rings. The second-order valence-corrected chi connectivity index (χ2v) is 5.18. The molecule has 0 unspecified atom stereocenters. The summed E-state index contributed by atoms with van der Waals surface area (Å²) < 4.78 is 2.26. The van der Waals surface area contributed by atoms with Gasteiger partial charge >= 0.3 is 0 Å². The fourth-order valence-corrected chi connectivity index (χ4v) is 2.97. The molecule has 3 rings (SSSR count).